The molecule has 1 aromatic carbocycles. The third-order valence-corrected chi connectivity index (χ3v) is 3.77. The van der Waals surface area contributed by atoms with E-state index in [-0.39, 0.29) is 5.75 Å². The standard InChI is InChI=1S/C13H11ClF2O2S/c14-12-6-5-8(19-12)7-10(17)9-3-1-2-4-11(9)18-13(15)16/h1-6,10,13,17H,7H2. The maximum atomic E-state index is 12.3. The summed E-state index contributed by atoms with van der Waals surface area (Å²) >= 11 is 7.15. The Morgan fingerprint density at radius 2 is 1.95 bits per heavy atom. The Labute approximate surface area is 118 Å². The third kappa shape index (κ3) is 3.89. The molecule has 1 atom stereocenters. The van der Waals surface area contributed by atoms with Gasteiger partial charge in [0.1, 0.15) is 5.75 Å². The maximum absolute atomic E-state index is 12.3. The predicted octanol–water partition coefficient (Wildman–Crippen LogP) is 4.28. The van der Waals surface area contributed by atoms with Crippen molar-refractivity contribution in [1.82, 2.24) is 0 Å². The number of alkyl halides is 2. The first kappa shape index (κ1) is 14.2. The van der Waals surface area contributed by atoms with Crippen LogP contribution in [-0.2, 0) is 6.42 Å². The van der Waals surface area contributed by atoms with E-state index in [1.165, 1.54) is 17.4 Å². The number of aliphatic hydroxyl groups is 1. The molecule has 0 fully saturated rings. The molecule has 0 saturated heterocycles. The minimum absolute atomic E-state index is 0.00680. The summed E-state index contributed by atoms with van der Waals surface area (Å²) in [5.41, 5.74) is 0.340. The molecule has 0 radical (unpaired) electrons. The number of rotatable bonds is 5. The zero-order valence-corrected chi connectivity index (χ0v) is 11.3. The number of benzene rings is 1. The predicted molar refractivity (Wildman–Crippen MR) is 71.1 cm³/mol. The Hall–Kier alpha value is -1.17. The van der Waals surface area contributed by atoms with Gasteiger partial charge in [0, 0.05) is 16.9 Å². The first-order valence-corrected chi connectivity index (χ1v) is 6.71. The van der Waals surface area contributed by atoms with E-state index in [0.29, 0.717) is 16.3 Å². The molecule has 0 aliphatic rings. The summed E-state index contributed by atoms with van der Waals surface area (Å²) in [6.07, 6.45) is -0.606. The zero-order chi connectivity index (χ0) is 13.8. The van der Waals surface area contributed by atoms with E-state index in [0.717, 1.165) is 4.88 Å². The van der Waals surface area contributed by atoms with Gasteiger partial charge in [0.15, 0.2) is 0 Å². The molecule has 2 nitrogen and oxygen atoms in total. The van der Waals surface area contributed by atoms with Gasteiger partial charge in [-0.25, -0.2) is 0 Å². The summed E-state index contributed by atoms with van der Waals surface area (Å²) in [4.78, 5) is 0.879. The average Bonchev–Trinajstić information content (AvgIpc) is 2.74. The van der Waals surface area contributed by atoms with Crippen LogP contribution in [0.15, 0.2) is 36.4 Å². The van der Waals surface area contributed by atoms with Gasteiger partial charge in [0.2, 0.25) is 0 Å². The topological polar surface area (TPSA) is 29.5 Å². The van der Waals surface area contributed by atoms with Gasteiger partial charge in [-0.2, -0.15) is 8.78 Å². The molecular weight excluding hydrogens is 294 g/mol. The molecule has 1 N–H and O–H groups in total. The molecule has 0 bridgehead atoms. The molecule has 102 valence electrons. The largest absolute Gasteiger partial charge is 0.434 e. The summed E-state index contributed by atoms with van der Waals surface area (Å²) in [5.74, 6) is -0.00680. The fourth-order valence-electron chi connectivity index (χ4n) is 1.72. The van der Waals surface area contributed by atoms with Crippen LogP contribution in [0.25, 0.3) is 0 Å². The van der Waals surface area contributed by atoms with Crippen molar-refractivity contribution in [3.05, 3.63) is 51.2 Å². The Bertz CT molecular complexity index is 545. The number of para-hydroxylation sites is 1. The fraction of sp³-hybridized carbons (Fsp3) is 0.231. The van der Waals surface area contributed by atoms with Crippen LogP contribution < -0.4 is 4.74 Å². The monoisotopic (exact) mass is 304 g/mol. The smallest absolute Gasteiger partial charge is 0.387 e. The van der Waals surface area contributed by atoms with Crippen molar-refractivity contribution in [3.63, 3.8) is 0 Å². The first-order valence-electron chi connectivity index (χ1n) is 5.52. The second-order valence-electron chi connectivity index (χ2n) is 3.84. The molecule has 0 aliphatic heterocycles. The van der Waals surface area contributed by atoms with E-state index in [9.17, 15) is 13.9 Å². The van der Waals surface area contributed by atoms with E-state index >= 15 is 0 Å². The van der Waals surface area contributed by atoms with Crippen LogP contribution >= 0.6 is 22.9 Å². The lowest BCUT2D eigenvalue weighted by atomic mass is 10.0. The first-order chi connectivity index (χ1) is 9.06. The lowest BCUT2D eigenvalue weighted by Gasteiger charge is -2.15. The van der Waals surface area contributed by atoms with Crippen molar-refractivity contribution in [3.8, 4) is 5.75 Å². The summed E-state index contributed by atoms with van der Waals surface area (Å²) in [6.45, 7) is -2.91. The summed E-state index contributed by atoms with van der Waals surface area (Å²) in [6, 6.07) is 9.75. The lowest BCUT2D eigenvalue weighted by Crippen LogP contribution is -2.08. The van der Waals surface area contributed by atoms with Crippen molar-refractivity contribution in [2.75, 3.05) is 0 Å². The molecule has 1 aromatic heterocycles. The van der Waals surface area contributed by atoms with Gasteiger partial charge in [0.05, 0.1) is 10.4 Å². The van der Waals surface area contributed by atoms with E-state index in [1.54, 1.807) is 30.3 Å². The van der Waals surface area contributed by atoms with E-state index < -0.39 is 12.7 Å². The molecule has 0 spiro atoms. The molecule has 6 heteroatoms. The van der Waals surface area contributed by atoms with Crippen molar-refractivity contribution in [2.45, 2.75) is 19.1 Å². The Morgan fingerprint density at radius 3 is 2.58 bits per heavy atom. The van der Waals surface area contributed by atoms with Gasteiger partial charge in [-0.05, 0) is 18.2 Å². The van der Waals surface area contributed by atoms with Gasteiger partial charge in [-0.15, -0.1) is 11.3 Å². The third-order valence-electron chi connectivity index (χ3n) is 2.52. The van der Waals surface area contributed by atoms with Gasteiger partial charge >= 0.3 is 6.61 Å². The molecule has 2 rings (SSSR count). The maximum Gasteiger partial charge on any atom is 0.387 e. The summed E-state index contributed by atoms with van der Waals surface area (Å²) < 4.78 is 29.6. The Balaban J connectivity index is 2.16. The minimum atomic E-state index is -2.91. The van der Waals surface area contributed by atoms with Gasteiger partial charge < -0.3 is 9.84 Å². The van der Waals surface area contributed by atoms with Crippen molar-refractivity contribution < 1.29 is 18.6 Å². The van der Waals surface area contributed by atoms with Crippen LogP contribution in [0.1, 0.15) is 16.5 Å². The summed E-state index contributed by atoms with van der Waals surface area (Å²) in [5, 5.41) is 10.1. The number of thiophene rings is 1. The van der Waals surface area contributed by atoms with Crippen LogP contribution in [-0.4, -0.2) is 11.7 Å². The normalized spacial score (nSPS) is 12.7. The van der Waals surface area contributed by atoms with Crippen molar-refractivity contribution in [1.29, 1.82) is 0 Å². The van der Waals surface area contributed by atoms with Crippen molar-refractivity contribution >= 4 is 22.9 Å². The highest BCUT2D eigenvalue weighted by Crippen LogP contribution is 2.31. The van der Waals surface area contributed by atoms with Gasteiger partial charge in [0.25, 0.3) is 0 Å². The van der Waals surface area contributed by atoms with E-state index in [1.807, 2.05) is 0 Å². The number of ether oxygens (including phenoxy) is 1. The number of aliphatic hydroxyl groups excluding tert-OH is 1. The molecule has 1 heterocycles. The second-order valence-corrected chi connectivity index (χ2v) is 5.64. The van der Waals surface area contributed by atoms with E-state index in [2.05, 4.69) is 4.74 Å². The quantitative estimate of drug-likeness (QED) is 0.893. The number of hydrogen-bond acceptors (Lipinski definition) is 3. The molecule has 2 aromatic rings. The zero-order valence-electron chi connectivity index (χ0n) is 9.72. The van der Waals surface area contributed by atoms with Crippen LogP contribution in [0.3, 0.4) is 0 Å². The van der Waals surface area contributed by atoms with Gasteiger partial charge in [-0.3, -0.25) is 0 Å². The SMILES string of the molecule is OC(Cc1ccc(Cl)s1)c1ccccc1OC(F)F. The van der Waals surface area contributed by atoms with Crippen molar-refractivity contribution in [2.24, 2.45) is 0 Å². The molecular formula is C13H11ClF2O2S. The highest BCUT2D eigenvalue weighted by molar-refractivity contribution is 7.16. The molecule has 0 amide bonds. The molecule has 1 unspecified atom stereocenters. The van der Waals surface area contributed by atoms with Crippen LogP contribution in [0.2, 0.25) is 4.34 Å². The number of hydrogen-bond donors (Lipinski definition) is 1. The fourth-order valence-corrected chi connectivity index (χ4v) is 2.85. The minimum Gasteiger partial charge on any atom is -0.434 e. The molecule has 0 aliphatic carbocycles. The Kier molecular flexibility index (Phi) is 4.74. The van der Waals surface area contributed by atoms with Crippen LogP contribution in [0.5, 0.6) is 5.75 Å². The molecule has 19 heavy (non-hydrogen) atoms. The lowest BCUT2D eigenvalue weighted by molar-refractivity contribution is -0.0515. The average molecular weight is 305 g/mol. The molecule has 0 saturated carbocycles. The second kappa shape index (κ2) is 6.32. The number of halogens is 3. The van der Waals surface area contributed by atoms with Gasteiger partial charge in [-0.1, -0.05) is 29.8 Å². The highest BCUT2D eigenvalue weighted by atomic mass is 35.5. The van der Waals surface area contributed by atoms with E-state index in [4.69, 9.17) is 11.6 Å². The van der Waals surface area contributed by atoms with Crippen LogP contribution in [0.4, 0.5) is 8.78 Å². The van der Waals surface area contributed by atoms with Crippen LogP contribution in [0, 0.1) is 0 Å². The Morgan fingerprint density at radius 1 is 1.21 bits per heavy atom. The summed E-state index contributed by atoms with van der Waals surface area (Å²) in [7, 11) is 0. The highest BCUT2D eigenvalue weighted by Gasteiger charge is 2.17.